The molecule has 105 heavy (non-hydrogen) atoms. The molecule has 1 aliphatic rings. The number of Topliss-reactive ketones (excluding diaryl/α,β-unsaturated/α-hetero) is 5. The van der Waals surface area contributed by atoms with E-state index < -0.39 is 149 Å². The number of aliphatic carboxylic acids is 5. The number of ether oxygens (including phenoxy) is 10. The first-order valence-electron chi connectivity index (χ1n) is 31.3. The van der Waals surface area contributed by atoms with Crippen LogP contribution in [0.5, 0.6) is 0 Å². The Labute approximate surface area is 625 Å². The Bertz CT molecular complexity index is 3070. The molecule has 1 aromatic carbocycles. The molecule has 5 atom stereocenters. The van der Waals surface area contributed by atoms with Crippen molar-refractivity contribution in [3.05, 3.63) is 35.9 Å². The molecular formula is C65H90O35S5. The Morgan fingerprint density at radius 2 is 0.657 bits per heavy atom. The van der Waals surface area contributed by atoms with Crippen LogP contribution in [0.3, 0.4) is 0 Å². The fourth-order valence-electron chi connectivity index (χ4n) is 7.07. The molecule has 1 aliphatic carbocycles. The largest absolute Gasteiger partial charge is 0.481 e. The zero-order valence-electron chi connectivity index (χ0n) is 59.6. The van der Waals surface area contributed by atoms with Crippen molar-refractivity contribution in [1.29, 1.82) is 0 Å². The molecule has 5 N–H and O–H groups in total. The number of carbonyl (C=O) groups is 20. The van der Waals surface area contributed by atoms with E-state index in [9.17, 15) is 95.9 Å². The molecule has 0 bridgehead atoms. The van der Waals surface area contributed by atoms with E-state index in [0.717, 1.165) is 39.0 Å². The Morgan fingerprint density at radius 3 is 0.924 bits per heavy atom. The highest BCUT2D eigenvalue weighted by molar-refractivity contribution is 8.14. The minimum atomic E-state index is -1.16. The average molecular weight is 1590 g/mol. The van der Waals surface area contributed by atoms with E-state index in [1.54, 1.807) is 65.0 Å². The molecule has 1 fully saturated rings. The van der Waals surface area contributed by atoms with Crippen molar-refractivity contribution >= 4 is 174 Å². The fourth-order valence-corrected chi connectivity index (χ4v) is 10.7. The van der Waals surface area contributed by atoms with Crippen LogP contribution in [0, 0.1) is 46.8 Å². The number of hydrogen-bond donors (Lipinski definition) is 5. The lowest BCUT2D eigenvalue weighted by atomic mass is 9.89. The normalized spacial score (nSPS) is 12.8. The summed E-state index contributed by atoms with van der Waals surface area (Å²) in [7, 11) is 0. The van der Waals surface area contributed by atoms with E-state index in [4.69, 9.17) is 44.5 Å². The lowest BCUT2D eigenvalue weighted by Gasteiger charge is -2.19. The topological polar surface area (TPSA) is 535 Å². The molecule has 0 aromatic heterocycles. The van der Waals surface area contributed by atoms with Gasteiger partial charge in [0, 0.05) is 67.8 Å². The zero-order chi connectivity index (χ0) is 81.0. The average Bonchev–Trinajstić information content (AvgIpc) is 0.950. The molecule has 0 radical (unpaired) electrons. The highest BCUT2D eigenvalue weighted by Crippen LogP contribution is 2.26. The molecule has 1 aromatic rings. The molecule has 40 heteroatoms. The van der Waals surface area contributed by atoms with Crippen LogP contribution in [0.4, 0.5) is 24.0 Å². The second-order valence-corrected chi connectivity index (χ2v) is 28.1. The number of carboxylic acids is 5. The number of ketones is 5. The molecule has 0 spiro atoms. The van der Waals surface area contributed by atoms with Crippen LogP contribution >= 0.6 is 58.8 Å². The van der Waals surface area contributed by atoms with Gasteiger partial charge in [0.15, 0.2) is 0 Å². The Morgan fingerprint density at radius 1 is 0.381 bits per heavy atom. The molecule has 590 valence electrons. The first-order chi connectivity index (χ1) is 48.9. The van der Waals surface area contributed by atoms with Gasteiger partial charge in [-0.2, -0.15) is 0 Å². The van der Waals surface area contributed by atoms with Gasteiger partial charge in [0.1, 0.15) is 28.9 Å². The standard InChI is InChI=1S/C15H22O7S.C15H16O7S.C13H20O7S.C12H18O7S.C10H14O7S/c2*1-10(16)7-12(13(17)18)8-23-15(20)22-9-21-14(19)11-5-3-2-4-6-11;1-8(14)5-9(10(15)16)6-21-12(18)20-7-19-11(17)13(2,3)4;1-7(2)11(16)18-6-19-12(17)20-5-9(10(14)15)4-8(3)13;1-6(11)3-8(9(13)14)4-18-10(15)17-5-16-7(2)12/h11-12H,2-9H2,1H3,(H,17,18);2-6,12H,7-9H2,1H3,(H,17,18);9H,5-7H2,1-4H3,(H,15,16);7,9H,4-6H2,1-3H3,(H,14,15);8H,3-5H2,1-2H3,(H,13,14)/t2*12-;2*9-;8-/m00000/s1. The van der Waals surface area contributed by atoms with Gasteiger partial charge in [0.2, 0.25) is 34.0 Å². The molecule has 0 unspecified atom stereocenters. The Balaban J connectivity index is -0.00000124. The first kappa shape index (κ1) is 101. The van der Waals surface area contributed by atoms with Gasteiger partial charge < -0.3 is 96.9 Å². The van der Waals surface area contributed by atoms with Gasteiger partial charge in [-0.1, -0.05) is 51.3 Å². The van der Waals surface area contributed by atoms with Gasteiger partial charge >= 0.3 is 86.2 Å². The Hall–Kier alpha value is -8.63. The van der Waals surface area contributed by atoms with E-state index in [-0.39, 0.29) is 108 Å². The first-order valence-corrected chi connectivity index (χ1v) is 36.3. The zero-order valence-corrected chi connectivity index (χ0v) is 63.7. The van der Waals surface area contributed by atoms with E-state index in [1.807, 2.05) is 0 Å². The van der Waals surface area contributed by atoms with Gasteiger partial charge in [-0.05, 0) is 139 Å². The predicted octanol–water partition coefficient (Wildman–Crippen LogP) is 9.80. The minimum Gasteiger partial charge on any atom is -0.481 e. The third-order valence-corrected chi connectivity index (χ3v) is 17.0. The van der Waals surface area contributed by atoms with Crippen LogP contribution in [0.25, 0.3) is 0 Å². The smallest absolute Gasteiger partial charge is 0.370 e. The summed E-state index contributed by atoms with van der Waals surface area (Å²) in [5, 5.41) is 40.6. The number of thioether (sulfide) groups is 5. The van der Waals surface area contributed by atoms with Crippen LogP contribution in [0.2, 0.25) is 0 Å². The van der Waals surface area contributed by atoms with E-state index in [2.05, 4.69) is 28.4 Å². The second kappa shape index (κ2) is 57.7. The van der Waals surface area contributed by atoms with Crippen molar-refractivity contribution in [2.24, 2.45) is 46.8 Å². The van der Waals surface area contributed by atoms with Crippen molar-refractivity contribution in [3.63, 3.8) is 0 Å². The van der Waals surface area contributed by atoms with Gasteiger partial charge in [0.05, 0.1) is 52.4 Å². The predicted molar refractivity (Wildman–Crippen MR) is 374 cm³/mol. The van der Waals surface area contributed by atoms with Gasteiger partial charge in [-0.3, -0.25) is 43.2 Å². The summed E-state index contributed by atoms with van der Waals surface area (Å²) < 4.78 is 46.5. The SMILES string of the molecule is CC(=O)C[C@@H](CSC(=O)OCOC(=O)C(C)(C)C)C(=O)O.CC(=O)C[C@@H](CSC(=O)OCOC(=O)C(C)C)C(=O)O.CC(=O)C[C@@H](CSC(=O)OCOC(=O)C1CCCCC1)C(=O)O.CC(=O)C[C@@H](CSC(=O)OCOC(=O)c1ccccc1)C(=O)O.CC(=O)C[C@@H](CSC(=O)OCOC(C)=O)C(=O)O. The van der Waals surface area contributed by atoms with Crippen LogP contribution in [-0.4, -0.2) is 203 Å². The van der Waals surface area contributed by atoms with Crippen LogP contribution in [-0.2, 0) is 114 Å². The number of hydrogen-bond acceptors (Lipinski definition) is 35. The molecule has 0 amide bonds. The molecule has 1 saturated carbocycles. The maximum Gasteiger partial charge on any atom is 0.370 e. The van der Waals surface area contributed by atoms with Crippen molar-refractivity contribution in [2.45, 2.75) is 140 Å². The third kappa shape index (κ3) is 57.4. The lowest BCUT2D eigenvalue weighted by Crippen LogP contribution is -2.24. The van der Waals surface area contributed by atoms with Gasteiger partial charge in [-0.25, -0.2) is 28.8 Å². The maximum absolute atomic E-state index is 11.7. The highest BCUT2D eigenvalue weighted by Gasteiger charge is 2.29. The number of rotatable bonds is 38. The van der Waals surface area contributed by atoms with E-state index in [0.29, 0.717) is 64.4 Å². The molecule has 0 aliphatic heterocycles. The van der Waals surface area contributed by atoms with Crippen molar-refractivity contribution in [2.75, 3.05) is 62.7 Å². The number of carbonyl (C=O) groups excluding carboxylic acids is 15. The minimum absolute atomic E-state index is 0.0652. The molecule has 2 rings (SSSR count). The fraction of sp³-hybridized carbons (Fsp3) is 0.600. The third-order valence-electron chi connectivity index (χ3n) is 12.4. The summed E-state index contributed by atoms with van der Waals surface area (Å²) >= 11 is 3.15. The van der Waals surface area contributed by atoms with Crippen LogP contribution in [0.15, 0.2) is 30.3 Å². The highest BCUT2D eigenvalue weighted by atomic mass is 32.2. The molecule has 0 saturated heterocycles. The van der Waals surface area contributed by atoms with Crippen LogP contribution < -0.4 is 0 Å². The molecular weight excluding hydrogens is 1500 g/mol. The lowest BCUT2D eigenvalue weighted by molar-refractivity contribution is -0.161. The maximum atomic E-state index is 11.7. The summed E-state index contributed by atoms with van der Waals surface area (Å²) in [5.41, 5.74) is -0.376. The van der Waals surface area contributed by atoms with Crippen molar-refractivity contribution in [1.82, 2.24) is 0 Å². The molecule has 35 nitrogen and oxygen atoms in total. The monoisotopic (exact) mass is 1590 g/mol. The van der Waals surface area contributed by atoms with Gasteiger partial charge in [-0.15, -0.1) is 0 Å². The van der Waals surface area contributed by atoms with Crippen LogP contribution in [0.1, 0.15) is 151 Å². The summed E-state index contributed by atoms with van der Waals surface area (Å²) in [6.07, 6.45) is 4.02. The summed E-state index contributed by atoms with van der Waals surface area (Å²) in [5.74, 6) is -15.2. The second-order valence-electron chi connectivity index (χ2n) is 23.4. The van der Waals surface area contributed by atoms with E-state index in [1.165, 1.54) is 34.6 Å². The summed E-state index contributed by atoms with van der Waals surface area (Å²) in [4.78, 5) is 222. The molecule has 0 heterocycles. The number of benzene rings is 1. The van der Waals surface area contributed by atoms with Gasteiger partial charge in [0.25, 0.3) is 0 Å². The Kier molecular flexibility index (Phi) is 55.2. The summed E-state index contributed by atoms with van der Waals surface area (Å²) in [6, 6.07) is 8.18. The van der Waals surface area contributed by atoms with Crippen molar-refractivity contribution < 1.29 is 169 Å². The van der Waals surface area contributed by atoms with E-state index >= 15 is 0 Å². The number of esters is 5. The summed E-state index contributed by atoms with van der Waals surface area (Å²) in [6.45, 7) is 13.3. The number of carboxylic acid groups (broad SMARTS) is 5. The quantitative estimate of drug-likeness (QED) is 0.0233. The van der Waals surface area contributed by atoms with Crippen molar-refractivity contribution in [3.8, 4) is 0 Å².